The summed E-state index contributed by atoms with van der Waals surface area (Å²) in [5.41, 5.74) is 0.898. The molecule has 0 atom stereocenters. The van der Waals surface area contributed by atoms with Crippen LogP contribution in [-0.4, -0.2) is 26.4 Å². The van der Waals surface area contributed by atoms with Gasteiger partial charge in [-0.2, -0.15) is 0 Å². The summed E-state index contributed by atoms with van der Waals surface area (Å²) in [6.07, 6.45) is -0.534. The zero-order chi connectivity index (χ0) is 36.9. The Hall–Kier alpha value is -5.02. The van der Waals surface area contributed by atoms with E-state index >= 15 is 9.13 Å². The van der Waals surface area contributed by atoms with Gasteiger partial charge in [0.2, 0.25) is 0 Å². The molecule has 0 aliphatic heterocycles. The molecule has 0 fully saturated rings. The van der Waals surface area contributed by atoms with Crippen LogP contribution in [0, 0.1) is 0 Å². The second-order valence-electron chi connectivity index (χ2n) is 12.9. The van der Waals surface area contributed by atoms with E-state index in [0.717, 1.165) is 0 Å². The van der Waals surface area contributed by atoms with Crippen LogP contribution in [0.2, 0.25) is 0 Å². The number of rotatable bonds is 13. The van der Waals surface area contributed by atoms with Crippen molar-refractivity contribution in [3.8, 4) is 34.1 Å². The molecule has 0 saturated heterocycles. The molecule has 0 saturated carbocycles. The molecule has 0 unspecified atom stereocenters. The van der Waals surface area contributed by atoms with Crippen LogP contribution in [0.5, 0.6) is 23.0 Å². The molecule has 8 heteroatoms. The van der Waals surface area contributed by atoms with E-state index in [9.17, 15) is 0 Å². The standard InChI is InChI=1S/C44H44O6P2/c1-31(2)49-39-29-27-37(47-5)41(43(39)51(45,33-19-11-7-12-20-33)34-21-13-8-14-22-34)42-38(48-6)28-30-40(50-32(3)4)44(42)52(46,35-23-15-9-16-24-35)36-25-17-10-18-26-36/h7-32H,1-6H3. The normalized spacial score (nSPS) is 11.8. The third-order valence-electron chi connectivity index (χ3n) is 8.73. The maximum absolute atomic E-state index is 16.6. The fraction of sp³-hybridized carbons (Fsp3) is 0.182. The Labute approximate surface area is 307 Å². The summed E-state index contributed by atoms with van der Waals surface area (Å²) < 4.78 is 58.7. The number of ether oxygens (including phenoxy) is 4. The average Bonchev–Trinajstić information content (AvgIpc) is 3.18. The first-order chi connectivity index (χ1) is 25.1. The van der Waals surface area contributed by atoms with Gasteiger partial charge in [0.15, 0.2) is 14.3 Å². The molecule has 6 aromatic carbocycles. The summed E-state index contributed by atoms with van der Waals surface area (Å²) in [5.74, 6) is 1.65. The predicted molar refractivity (Wildman–Crippen MR) is 215 cm³/mol. The largest absolute Gasteiger partial charge is 0.496 e. The molecule has 266 valence electrons. The summed E-state index contributed by atoms with van der Waals surface area (Å²) >= 11 is 0. The molecule has 6 rings (SSSR count). The van der Waals surface area contributed by atoms with E-state index in [1.165, 1.54) is 0 Å². The minimum atomic E-state index is -3.79. The molecule has 0 aliphatic rings. The van der Waals surface area contributed by atoms with Gasteiger partial charge in [-0.15, -0.1) is 0 Å². The summed E-state index contributed by atoms with van der Waals surface area (Å²) in [5, 5.41) is 3.24. The van der Waals surface area contributed by atoms with E-state index in [2.05, 4.69) is 0 Å². The summed E-state index contributed by atoms with van der Waals surface area (Å²) in [4.78, 5) is 0. The zero-order valence-corrected chi connectivity index (χ0v) is 32.1. The molecule has 6 aromatic rings. The van der Waals surface area contributed by atoms with E-state index in [0.29, 0.717) is 66.0 Å². The lowest BCUT2D eigenvalue weighted by molar-refractivity contribution is 0.243. The van der Waals surface area contributed by atoms with Crippen molar-refractivity contribution in [2.24, 2.45) is 0 Å². The van der Waals surface area contributed by atoms with Crippen LogP contribution in [0.3, 0.4) is 0 Å². The fourth-order valence-electron chi connectivity index (χ4n) is 6.62. The Morgan fingerprint density at radius 1 is 0.385 bits per heavy atom. The van der Waals surface area contributed by atoms with E-state index in [1.54, 1.807) is 14.2 Å². The van der Waals surface area contributed by atoms with Crippen molar-refractivity contribution in [3.05, 3.63) is 146 Å². The maximum Gasteiger partial charge on any atom is 0.175 e. The Morgan fingerprint density at radius 2 is 0.635 bits per heavy atom. The minimum Gasteiger partial charge on any atom is -0.496 e. The molecule has 0 N–H and O–H groups in total. The number of benzene rings is 6. The van der Waals surface area contributed by atoms with Gasteiger partial charge in [-0.05, 0) is 52.0 Å². The third kappa shape index (κ3) is 6.82. The summed E-state index contributed by atoms with van der Waals surface area (Å²) in [6.45, 7) is 7.75. The van der Waals surface area contributed by atoms with Gasteiger partial charge in [0.1, 0.15) is 23.0 Å². The predicted octanol–water partition coefficient (Wildman–Crippen LogP) is 8.22. The van der Waals surface area contributed by atoms with Crippen LogP contribution in [0.1, 0.15) is 27.7 Å². The van der Waals surface area contributed by atoms with Gasteiger partial charge >= 0.3 is 0 Å². The molecular weight excluding hydrogens is 686 g/mol. The van der Waals surface area contributed by atoms with Gasteiger partial charge in [0.25, 0.3) is 0 Å². The van der Waals surface area contributed by atoms with Crippen molar-refractivity contribution in [2.45, 2.75) is 39.9 Å². The first-order valence-electron chi connectivity index (χ1n) is 17.3. The first-order valence-corrected chi connectivity index (χ1v) is 20.7. The topological polar surface area (TPSA) is 71.1 Å². The van der Waals surface area contributed by atoms with Crippen molar-refractivity contribution in [1.82, 2.24) is 0 Å². The minimum absolute atomic E-state index is 0.267. The molecule has 52 heavy (non-hydrogen) atoms. The fourth-order valence-corrected chi connectivity index (χ4v) is 12.6. The third-order valence-corrected chi connectivity index (χ3v) is 15.0. The summed E-state index contributed by atoms with van der Waals surface area (Å²) in [6, 6.07) is 45.0. The molecule has 0 radical (unpaired) electrons. The van der Waals surface area contributed by atoms with Crippen molar-refractivity contribution in [1.29, 1.82) is 0 Å². The Balaban J connectivity index is 1.90. The Bertz CT molecular complexity index is 1970. The molecule has 6 nitrogen and oxygen atoms in total. The highest BCUT2D eigenvalue weighted by molar-refractivity contribution is 7.86. The van der Waals surface area contributed by atoms with Crippen LogP contribution in [0.25, 0.3) is 11.1 Å². The van der Waals surface area contributed by atoms with Crippen LogP contribution >= 0.6 is 14.3 Å². The van der Waals surface area contributed by atoms with Crippen LogP contribution in [0.4, 0.5) is 0 Å². The van der Waals surface area contributed by atoms with Crippen LogP contribution in [-0.2, 0) is 9.13 Å². The van der Waals surface area contributed by atoms with E-state index in [1.807, 2.05) is 173 Å². The monoisotopic (exact) mass is 730 g/mol. The molecule has 0 bridgehead atoms. The second-order valence-corrected chi connectivity index (χ2v) is 18.3. The van der Waals surface area contributed by atoms with E-state index in [-0.39, 0.29) is 12.2 Å². The average molecular weight is 731 g/mol. The molecule has 0 aliphatic carbocycles. The van der Waals surface area contributed by atoms with E-state index in [4.69, 9.17) is 18.9 Å². The smallest absolute Gasteiger partial charge is 0.175 e. The lowest BCUT2D eigenvalue weighted by Gasteiger charge is -2.31. The van der Waals surface area contributed by atoms with Crippen molar-refractivity contribution >= 4 is 46.1 Å². The van der Waals surface area contributed by atoms with Gasteiger partial charge in [0.05, 0.1) is 37.0 Å². The van der Waals surface area contributed by atoms with Crippen LogP contribution < -0.4 is 50.8 Å². The van der Waals surface area contributed by atoms with Gasteiger partial charge in [-0.3, -0.25) is 0 Å². The highest BCUT2D eigenvalue weighted by atomic mass is 31.2. The zero-order valence-electron chi connectivity index (χ0n) is 30.4. The quantitative estimate of drug-likeness (QED) is 0.112. The second kappa shape index (κ2) is 15.7. The van der Waals surface area contributed by atoms with Crippen molar-refractivity contribution in [2.75, 3.05) is 14.2 Å². The number of methoxy groups -OCH3 is 2. The van der Waals surface area contributed by atoms with E-state index < -0.39 is 14.3 Å². The Morgan fingerprint density at radius 3 is 0.865 bits per heavy atom. The van der Waals surface area contributed by atoms with Gasteiger partial charge in [0, 0.05) is 32.3 Å². The van der Waals surface area contributed by atoms with Crippen molar-refractivity contribution < 1.29 is 28.1 Å². The van der Waals surface area contributed by atoms with Gasteiger partial charge in [-0.25, -0.2) is 0 Å². The lowest BCUT2D eigenvalue weighted by Crippen LogP contribution is -2.32. The SMILES string of the molecule is COc1ccc(OC(C)C)c(P(=O)(c2ccccc2)c2ccccc2)c1-c1c(OC)ccc(OC(C)C)c1P(=O)(c1ccccc1)c1ccccc1. The van der Waals surface area contributed by atoms with Crippen molar-refractivity contribution in [3.63, 3.8) is 0 Å². The molecule has 0 heterocycles. The highest BCUT2D eigenvalue weighted by Gasteiger charge is 2.43. The van der Waals surface area contributed by atoms with Gasteiger partial charge in [-0.1, -0.05) is 121 Å². The van der Waals surface area contributed by atoms with Gasteiger partial charge < -0.3 is 28.1 Å². The Kier molecular flexibility index (Phi) is 11.1. The first kappa shape index (κ1) is 36.8. The van der Waals surface area contributed by atoms with Crippen LogP contribution in [0.15, 0.2) is 146 Å². The molecular formula is C44H44O6P2. The maximum atomic E-state index is 16.6. The lowest BCUT2D eigenvalue weighted by atomic mass is 10.0. The molecule has 0 aromatic heterocycles. The number of hydrogen-bond donors (Lipinski definition) is 0. The summed E-state index contributed by atoms with van der Waals surface area (Å²) in [7, 11) is -4.43. The highest BCUT2D eigenvalue weighted by Crippen LogP contribution is 2.56. The molecule has 0 amide bonds. The molecule has 0 spiro atoms. The number of hydrogen-bond acceptors (Lipinski definition) is 6.